The summed E-state index contributed by atoms with van der Waals surface area (Å²) >= 11 is 0. The van der Waals surface area contributed by atoms with Crippen LogP contribution in [0, 0.1) is 0 Å². The van der Waals surface area contributed by atoms with Gasteiger partial charge in [0.1, 0.15) is 5.75 Å². The highest BCUT2D eigenvalue weighted by Crippen LogP contribution is 2.36. The molecule has 0 bridgehead atoms. The van der Waals surface area contributed by atoms with Crippen LogP contribution in [0.3, 0.4) is 0 Å². The van der Waals surface area contributed by atoms with Crippen molar-refractivity contribution in [2.45, 2.75) is 19.0 Å². The van der Waals surface area contributed by atoms with Crippen LogP contribution in [-0.4, -0.2) is 30.6 Å². The molecule has 0 radical (unpaired) electrons. The van der Waals surface area contributed by atoms with Gasteiger partial charge in [0.25, 0.3) is 5.91 Å². The molecule has 2 aliphatic rings. The molecule has 3 aromatic rings. The lowest BCUT2D eigenvalue weighted by Crippen LogP contribution is -2.32. The molecule has 2 amide bonds. The molecule has 0 aromatic heterocycles. The van der Waals surface area contributed by atoms with E-state index in [2.05, 4.69) is 5.32 Å². The van der Waals surface area contributed by atoms with E-state index in [1.807, 2.05) is 48.5 Å². The molecule has 0 fully saturated rings. The summed E-state index contributed by atoms with van der Waals surface area (Å²) in [7, 11) is 1.60. The molecule has 32 heavy (non-hydrogen) atoms. The van der Waals surface area contributed by atoms with Crippen molar-refractivity contribution in [2.24, 2.45) is 0 Å². The van der Waals surface area contributed by atoms with Crippen LogP contribution in [0.2, 0.25) is 0 Å². The Balaban J connectivity index is 1.39. The van der Waals surface area contributed by atoms with Crippen LogP contribution in [0.25, 0.3) is 0 Å². The first-order chi connectivity index (χ1) is 15.6. The van der Waals surface area contributed by atoms with Crippen LogP contribution >= 0.6 is 0 Å². The summed E-state index contributed by atoms with van der Waals surface area (Å²) < 4.78 is 16.0. The van der Waals surface area contributed by atoms with Crippen molar-refractivity contribution in [3.05, 3.63) is 83.4 Å². The zero-order valence-electron chi connectivity index (χ0n) is 17.5. The highest BCUT2D eigenvalue weighted by molar-refractivity contribution is 5.99. The average molecular weight is 430 g/mol. The number of anilines is 1. The van der Waals surface area contributed by atoms with Gasteiger partial charge in [0, 0.05) is 23.9 Å². The SMILES string of the molecule is COc1ccc([C@@H](CC(=O)Nc2ccc3c(c2)OCO3)N2Cc3ccccc3C2=O)cc1. The molecule has 1 atom stereocenters. The Morgan fingerprint density at radius 1 is 1.06 bits per heavy atom. The second-order valence-electron chi connectivity index (χ2n) is 7.70. The molecule has 162 valence electrons. The largest absolute Gasteiger partial charge is 0.497 e. The summed E-state index contributed by atoms with van der Waals surface area (Å²) in [4.78, 5) is 27.9. The quantitative estimate of drug-likeness (QED) is 0.636. The van der Waals surface area contributed by atoms with Crippen molar-refractivity contribution in [1.82, 2.24) is 4.90 Å². The number of carbonyl (C=O) groups is 2. The van der Waals surface area contributed by atoms with Gasteiger partial charge in [-0.05, 0) is 41.5 Å². The third-order valence-corrected chi connectivity index (χ3v) is 5.76. The van der Waals surface area contributed by atoms with E-state index in [0.29, 0.717) is 35.0 Å². The van der Waals surface area contributed by atoms with Crippen LogP contribution in [0.5, 0.6) is 17.2 Å². The molecule has 0 unspecified atom stereocenters. The van der Waals surface area contributed by atoms with E-state index in [0.717, 1.165) is 11.1 Å². The molecule has 0 aliphatic carbocycles. The van der Waals surface area contributed by atoms with E-state index in [1.165, 1.54) is 0 Å². The second-order valence-corrected chi connectivity index (χ2v) is 7.70. The van der Waals surface area contributed by atoms with Crippen LogP contribution in [0.4, 0.5) is 5.69 Å². The van der Waals surface area contributed by atoms with Gasteiger partial charge >= 0.3 is 0 Å². The smallest absolute Gasteiger partial charge is 0.255 e. The van der Waals surface area contributed by atoms with Gasteiger partial charge in [0.2, 0.25) is 12.7 Å². The molecular weight excluding hydrogens is 408 g/mol. The van der Waals surface area contributed by atoms with Crippen LogP contribution in [0.1, 0.15) is 33.9 Å². The third-order valence-electron chi connectivity index (χ3n) is 5.76. The average Bonchev–Trinajstić information content (AvgIpc) is 3.42. The number of carbonyl (C=O) groups excluding carboxylic acids is 2. The van der Waals surface area contributed by atoms with E-state index in [-0.39, 0.29) is 25.0 Å². The Labute approximate surface area is 185 Å². The number of rotatable bonds is 6. The van der Waals surface area contributed by atoms with Crippen molar-refractivity contribution in [3.63, 3.8) is 0 Å². The zero-order valence-corrected chi connectivity index (χ0v) is 17.5. The summed E-state index contributed by atoms with van der Waals surface area (Å²) in [5, 5.41) is 2.92. The molecule has 7 heteroatoms. The Kier molecular flexibility index (Phi) is 5.15. The lowest BCUT2D eigenvalue weighted by molar-refractivity contribution is -0.117. The highest BCUT2D eigenvalue weighted by Gasteiger charge is 2.34. The highest BCUT2D eigenvalue weighted by atomic mass is 16.7. The van der Waals surface area contributed by atoms with Gasteiger partial charge in [-0.25, -0.2) is 0 Å². The van der Waals surface area contributed by atoms with Gasteiger partial charge in [-0.3, -0.25) is 9.59 Å². The fourth-order valence-corrected chi connectivity index (χ4v) is 4.12. The first-order valence-electron chi connectivity index (χ1n) is 10.3. The van der Waals surface area contributed by atoms with Crippen molar-refractivity contribution in [1.29, 1.82) is 0 Å². The normalized spacial score (nSPS) is 14.8. The van der Waals surface area contributed by atoms with Crippen molar-refractivity contribution in [2.75, 3.05) is 19.2 Å². The van der Waals surface area contributed by atoms with Gasteiger partial charge in [-0.1, -0.05) is 30.3 Å². The standard InChI is InChI=1S/C25H22N2O5/c1-30-19-9-6-16(7-10-19)21(27-14-17-4-2-3-5-20(17)25(27)29)13-24(28)26-18-8-11-22-23(12-18)32-15-31-22/h2-12,21H,13-15H2,1H3,(H,26,28)/t21-/m1/s1. The lowest BCUT2D eigenvalue weighted by atomic mass is 10.0. The Morgan fingerprint density at radius 2 is 1.84 bits per heavy atom. The molecule has 0 saturated carbocycles. The molecule has 3 aromatic carbocycles. The van der Waals surface area contributed by atoms with E-state index in [1.54, 1.807) is 30.2 Å². The molecule has 1 N–H and O–H groups in total. The molecule has 7 nitrogen and oxygen atoms in total. The van der Waals surface area contributed by atoms with Crippen LogP contribution in [0.15, 0.2) is 66.7 Å². The number of hydrogen-bond donors (Lipinski definition) is 1. The second kappa shape index (κ2) is 8.26. The predicted molar refractivity (Wildman–Crippen MR) is 118 cm³/mol. The Morgan fingerprint density at radius 3 is 2.62 bits per heavy atom. The zero-order chi connectivity index (χ0) is 22.1. The Hall–Kier alpha value is -4.00. The summed E-state index contributed by atoms with van der Waals surface area (Å²) in [6, 6.07) is 19.9. The summed E-state index contributed by atoms with van der Waals surface area (Å²) in [6.07, 6.45) is 0.112. The number of nitrogens with zero attached hydrogens (tertiary/aromatic N) is 1. The van der Waals surface area contributed by atoms with Gasteiger partial charge < -0.3 is 24.4 Å². The summed E-state index contributed by atoms with van der Waals surface area (Å²) in [6.45, 7) is 0.632. The van der Waals surface area contributed by atoms with E-state index in [9.17, 15) is 9.59 Å². The van der Waals surface area contributed by atoms with E-state index < -0.39 is 6.04 Å². The maximum Gasteiger partial charge on any atom is 0.255 e. The number of methoxy groups -OCH3 is 1. The first kappa shape index (κ1) is 19.9. The lowest BCUT2D eigenvalue weighted by Gasteiger charge is -2.28. The van der Waals surface area contributed by atoms with Crippen molar-refractivity contribution >= 4 is 17.5 Å². The van der Waals surface area contributed by atoms with Gasteiger partial charge in [-0.2, -0.15) is 0 Å². The first-order valence-corrected chi connectivity index (χ1v) is 10.3. The third kappa shape index (κ3) is 3.73. The Bertz CT molecular complexity index is 1180. The number of nitrogens with one attached hydrogen (secondary N) is 1. The predicted octanol–water partition coefficient (Wildman–Crippen LogP) is 4.15. The summed E-state index contributed by atoms with van der Waals surface area (Å²) in [5.74, 6) is 1.69. The molecule has 0 saturated heterocycles. The van der Waals surface area contributed by atoms with Crippen molar-refractivity contribution in [3.8, 4) is 17.2 Å². The molecule has 2 heterocycles. The van der Waals surface area contributed by atoms with Gasteiger partial charge in [-0.15, -0.1) is 0 Å². The van der Waals surface area contributed by atoms with Gasteiger partial charge in [0.15, 0.2) is 11.5 Å². The minimum Gasteiger partial charge on any atom is -0.497 e. The topological polar surface area (TPSA) is 77.1 Å². The number of amides is 2. The van der Waals surface area contributed by atoms with E-state index >= 15 is 0 Å². The molecule has 2 aliphatic heterocycles. The fourth-order valence-electron chi connectivity index (χ4n) is 4.12. The molecule has 5 rings (SSSR count). The minimum absolute atomic E-state index is 0.0719. The monoisotopic (exact) mass is 430 g/mol. The number of fused-ring (bicyclic) bond motifs is 2. The number of ether oxygens (including phenoxy) is 3. The van der Waals surface area contributed by atoms with E-state index in [4.69, 9.17) is 14.2 Å². The van der Waals surface area contributed by atoms with Crippen LogP contribution in [-0.2, 0) is 11.3 Å². The minimum atomic E-state index is -0.421. The fraction of sp³-hybridized carbons (Fsp3) is 0.200. The number of hydrogen-bond acceptors (Lipinski definition) is 5. The maximum atomic E-state index is 13.1. The maximum absolute atomic E-state index is 13.1. The molecular formula is C25H22N2O5. The van der Waals surface area contributed by atoms with Crippen LogP contribution < -0.4 is 19.5 Å². The summed E-state index contributed by atoms with van der Waals surface area (Å²) in [5.41, 5.74) is 3.13. The van der Waals surface area contributed by atoms with Gasteiger partial charge in [0.05, 0.1) is 19.6 Å². The molecule has 0 spiro atoms. The van der Waals surface area contributed by atoms with Crippen molar-refractivity contribution < 1.29 is 23.8 Å². The number of benzene rings is 3.